The van der Waals surface area contributed by atoms with Gasteiger partial charge in [-0.2, -0.15) is 0 Å². The smallest absolute Gasteiger partial charge is 0.150 e. The van der Waals surface area contributed by atoms with Gasteiger partial charge in [0.2, 0.25) is 0 Å². The molecule has 1 aromatic heterocycles. The Balaban J connectivity index is 3.17. The molecule has 0 unspecified atom stereocenters. The van der Waals surface area contributed by atoms with Crippen LogP contribution in [-0.4, -0.2) is 16.1 Å². The summed E-state index contributed by atoms with van der Waals surface area (Å²) >= 11 is 5.92. The van der Waals surface area contributed by atoms with Crippen LogP contribution in [-0.2, 0) is 12.5 Å². The molecule has 0 bridgehead atoms. The van der Waals surface area contributed by atoms with Crippen molar-refractivity contribution in [2.75, 3.05) is 6.54 Å². The van der Waals surface area contributed by atoms with Crippen LogP contribution in [0.25, 0.3) is 0 Å². The molecule has 0 spiro atoms. The Labute approximate surface area is 77.5 Å². The fourth-order valence-electron chi connectivity index (χ4n) is 1.26. The highest BCUT2D eigenvalue weighted by Crippen LogP contribution is 2.27. The summed E-state index contributed by atoms with van der Waals surface area (Å²) in [6.45, 7) is 4.66. The van der Waals surface area contributed by atoms with E-state index in [1.807, 2.05) is 11.6 Å². The quantitative estimate of drug-likeness (QED) is 0.759. The number of halogens is 1. The topological polar surface area (TPSA) is 43.8 Å². The molecule has 0 saturated heterocycles. The third-order valence-corrected chi connectivity index (χ3v) is 2.32. The van der Waals surface area contributed by atoms with E-state index in [0.717, 1.165) is 5.69 Å². The minimum Gasteiger partial charge on any atom is -0.336 e. The first-order valence-corrected chi connectivity index (χ1v) is 4.24. The summed E-state index contributed by atoms with van der Waals surface area (Å²) in [6.07, 6.45) is 1.70. The number of imidazole rings is 1. The van der Waals surface area contributed by atoms with Gasteiger partial charge in [0.1, 0.15) is 0 Å². The van der Waals surface area contributed by atoms with E-state index in [9.17, 15) is 0 Å². The van der Waals surface area contributed by atoms with Crippen molar-refractivity contribution in [2.45, 2.75) is 19.3 Å². The number of nitrogens with zero attached hydrogens (tertiary/aromatic N) is 2. The number of aryl methyl sites for hydroxylation is 1. The van der Waals surface area contributed by atoms with E-state index in [-0.39, 0.29) is 5.41 Å². The van der Waals surface area contributed by atoms with Gasteiger partial charge >= 0.3 is 0 Å². The third kappa shape index (κ3) is 1.47. The van der Waals surface area contributed by atoms with Gasteiger partial charge in [-0.1, -0.05) is 25.4 Å². The van der Waals surface area contributed by atoms with Crippen LogP contribution in [0.15, 0.2) is 6.33 Å². The van der Waals surface area contributed by atoms with Crippen molar-refractivity contribution in [3.63, 3.8) is 0 Å². The fraction of sp³-hybridized carbons (Fsp3) is 0.625. The van der Waals surface area contributed by atoms with Gasteiger partial charge in [0.25, 0.3) is 0 Å². The van der Waals surface area contributed by atoms with Crippen molar-refractivity contribution >= 4 is 11.6 Å². The molecule has 1 heterocycles. The third-order valence-electron chi connectivity index (χ3n) is 2.04. The number of hydrogen-bond donors (Lipinski definition) is 1. The molecule has 2 N–H and O–H groups in total. The number of nitrogens with two attached hydrogens (primary N) is 1. The van der Waals surface area contributed by atoms with E-state index in [1.54, 1.807) is 6.33 Å². The summed E-state index contributed by atoms with van der Waals surface area (Å²) in [4.78, 5) is 4.00. The summed E-state index contributed by atoms with van der Waals surface area (Å²) in [6, 6.07) is 0. The van der Waals surface area contributed by atoms with E-state index in [2.05, 4.69) is 18.8 Å². The van der Waals surface area contributed by atoms with Gasteiger partial charge in [-0.15, -0.1) is 0 Å². The summed E-state index contributed by atoms with van der Waals surface area (Å²) in [5.41, 5.74) is 6.52. The molecule has 12 heavy (non-hydrogen) atoms. The second kappa shape index (κ2) is 3.07. The molecule has 0 amide bonds. The Morgan fingerprint density at radius 2 is 2.25 bits per heavy atom. The maximum Gasteiger partial charge on any atom is 0.150 e. The van der Waals surface area contributed by atoms with Crippen LogP contribution in [0, 0.1) is 0 Å². The lowest BCUT2D eigenvalue weighted by atomic mass is 9.90. The molecule has 68 valence electrons. The minimum absolute atomic E-state index is 0.109. The zero-order valence-corrected chi connectivity index (χ0v) is 8.39. The molecule has 3 nitrogen and oxygen atoms in total. The lowest BCUT2D eigenvalue weighted by Crippen LogP contribution is -2.30. The highest BCUT2D eigenvalue weighted by atomic mass is 35.5. The molecule has 0 aliphatic carbocycles. The summed E-state index contributed by atoms with van der Waals surface area (Å²) in [5.74, 6) is 0. The van der Waals surface area contributed by atoms with Crippen molar-refractivity contribution in [3.05, 3.63) is 17.2 Å². The van der Waals surface area contributed by atoms with E-state index in [0.29, 0.717) is 11.7 Å². The monoisotopic (exact) mass is 187 g/mol. The van der Waals surface area contributed by atoms with Crippen LogP contribution >= 0.6 is 11.6 Å². The van der Waals surface area contributed by atoms with Crippen LogP contribution in [0.3, 0.4) is 0 Å². The van der Waals surface area contributed by atoms with Gasteiger partial charge in [0, 0.05) is 19.0 Å². The van der Waals surface area contributed by atoms with Crippen molar-refractivity contribution in [1.29, 1.82) is 0 Å². The lowest BCUT2D eigenvalue weighted by Gasteiger charge is -2.23. The van der Waals surface area contributed by atoms with E-state index < -0.39 is 0 Å². The van der Waals surface area contributed by atoms with Gasteiger partial charge < -0.3 is 10.3 Å². The van der Waals surface area contributed by atoms with Gasteiger partial charge in [-0.05, 0) is 0 Å². The zero-order chi connectivity index (χ0) is 9.35. The average Bonchev–Trinajstić information content (AvgIpc) is 2.31. The standard InChI is InChI=1S/C8H14ClN3/c1-8(2,4-10)6-7(9)11-5-12(6)3/h5H,4,10H2,1-3H3. The SMILES string of the molecule is Cn1cnc(Cl)c1C(C)(C)CN. The van der Waals surface area contributed by atoms with Gasteiger partial charge in [-0.25, -0.2) is 4.98 Å². The molecular formula is C8H14ClN3. The van der Waals surface area contributed by atoms with Crippen LogP contribution in [0.2, 0.25) is 5.15 Å². The Morgan fingerprint density at radius 1 is 1.67 bits per heavy atom. The molecule has 4 heteroatoms. The molecule has 0 atom stereocenters. The molecule has 1 rings (SSSR count). The molecule has 0 aromatic carbocycles. The first-order valence-electron chi connectivity index (χ1n) is 3.86. The Morgan fingerprint density at radius 3 is 2.58 bits per heavy atom. The summed E-state index contributed by atoms with van der Waals surface area (Å²) < 4.78 is 1.91. The maximum atomic E-state index is 5.92. The van der Waals surface area contributed by atoms with E-state index >= 15 is 0 Å². The molecule has 0 aliphatic heterocycles. The second-order valence-electron chi connectivity index (χ2n) is 3.58. The van der Waals surface area contributed by atoms with Crippen LogP contribution < -0.4 is 5.73 Å². The number of rotatable bonds is 2. The average molecular weight is 188 g/mol. The first-order chi connectivity index (χ1) is 5.49. The second-order valence-corrected chi connectivity index (χ2v) is 3.94. The largest absolute Gasteiger partial charge is 0.336 e. The molecule has 0 saturated carbocycles. The van der Waals surface area contributed by atoms with Gasteiger partial charge in [0.15, 0.2) is 5.15 Å². The van der Waals surface area contributed by atoms with Gasteiger partial charge in [0.05, 0.1) is 12.0 Å². The van der Waals surface area contributed by atoms with E-state index in [1.165, 1.54) is 0 Å². The molecule has 0 radical (unpaired) electrons. The number of aromatic nitrogens is 2. The minimum atomic E-state index is -0.109. The highest BCUT2D eigenvalue weighted by Gasteiger charge is 2.25. The highest BCUT2D eigenvalue weighted by molar-refractivity contribution is 6.30. The summed E-state index contributed by atoms with van der Waals surface area (Å²) in [5, 5.41) is 0.549. The maximum absolute atomic E-state index is 5.92. The lowest BCUT2D eigenvalue weighted by molar-refractivity contribution is 0.502. The molecule has 0 fully saturated rings. The Kier molecular flexibility index (Phi) is 2.44. The van der Waals surface area contributed by atoms with Crippen LogP contribution in [0.5, 0.6) is 0 Å². The fourth-order valence-corrected chi connectivity index (χ4v) is 1.69. The van der Waals surface area contributed by atoms with Crippen LogP contribution in [0.4, 0.5) is 0 Å². The number of hydrogen-bond acceptors (Lipinski definition) is 2. The summed E-state index contributed by atoms with van der Waals surface area (Å²) in [7, 11) is 1.92. The predicted octanol–water partition coefficient (Wildman–Crippen LogP) is 1.31. The van der Waals surface area contributed by atoms with Crippen molar-refractivity contribution in [3.8, 4) is 0 Å². The van der Waals surface area contributed by atoms with Crippen molar-refractivity contribution in [1.82, 2.24) is 9.55 Å². The Bertz CT molecular complexity index is 258. The van der Waals surface area contributed by atoms with Crippen molar-refractivity contribution in [2.24, 2.45) is 12.8 Å². The van der Waals surface area contributed by atoms with E-state index in [4.69, 9.17) is 17.3 Å². The van der Waals surface area contributed by atoms with Crippen LogP contribution in [0.1, 0.15) is 19.5 Å². The van der Waals surface area contributed by atoms with Crippen molar-refractivity contribution < 1.29 is 0 Å². The molecule has 1 aromatic rings. The normalized spacial score (nSPS) is 12.1. The zero-order valence-electron chi connectivity index (χ0n) is 7.63. The first kappa shape index (κ1) is 9.55. The predicted molar refractivity (Wildman–Crippen MR) is 50.3 cm³/mol. The molecular weight excluding hydrogens is 174 g/mol. The Hall–Kier alpha value is -0.540. The molecule has 0 aliphatic rings. The van der Waals surface area contributed by atoms with Gasteiger partial charge in [-0.3, -0.25) is 0 Å².